The van der Waals surface area contributed by atoms with Crippen molar-refractivity contribution in [3.05, 3.63) is 18.3 Å². The van der Waals surface area contributed by atoms with Gasteiger partial charge in [-0.05, 0) is 46.9 Å². The van der Waals surface area contributed by atoms with Crippen molar-refractivity contribution in [2.45, 2.75) is 39.8 Å². The zero-order valence-corrected chi connectivity index (χ0v) is 12.1. The van der Waals surface area contributed by atoms with E-state index >= 15 is 0 Å². The van der Waals surface area contributed by atoms with Gasteiger partial charge in [-0.1, -0.05) is 0 Å². The summed E-state index contributed by atoms with van der Waals surface area (Å²) in [6, 6.07) is 4.40. The van der Waals surface area contributed by atoms with Crippen LogP contribution in [0.15, 0.2) is 18.3 Å². The second kappa shape index (κ2) is 7.21. The highest BCUT2D eigenvalue weighted by Gasteiger charge is 2.07. The van der Waals surface area contributed by atoms with Crippen LogP contribution in [0.5, 0.6) is 5.75 Å². The molecule has 18 heavy (non-hydrogen) atoms. The molecule has 4 heteroatoms. The van der Waals surface area contributed by atoms with Gasteiger partial charge in [0.2, 0.25) is 0 Å². The monoisotopic (exact) mass is 251 g/mol. The van der Waals surface area contributed by atoms with Gasteiger partial charge in [-0.25, -0.2) is 4.98 Å². The Hall–Kier alpha value is -1.29. The normalized spacial score (nSPS) is 11.3. The Kier molecular flexibility index (Phi) is 5.92. The van der Waals surface area contributed by atoms with Crippen molar-refractivity contribution in [2.75, 3.05) is 25.5 Å². The average molecular weight is 251 g/mol. The largest absolute Gasteiger partial charge is 0.487 e. The summed E-state index contributed by atoms with van der Waals surface area (Å²) in [5.74, 6) is 1.64. The molecule has 0 radical (unpaired) electrons. The minimum absolute atomic E-state index is 0.160. The number of rotatable bonds is 7. The van der Waals surface area contributed by atoms with Gasteiger partial charge >= 0.3 is 0 Å². The predicted molar refractivity (Wildman–Crippen MR) is 76.3 cm³/mol. The van der Waals surface area contributed by atoms with E-state index in [9.17, 15) is 0 Å². The Morgan fingerprint density at radius 1 is 1.33 bits per heavy atom. The molecule has 0 fully saturated rings. The van der Waals surface area contributed by atoms with Gasteiger partial charge in [0.1, 0.15) is 0 Å². The van der Waals surface area contributed by atoms with Crippen LogP contribution >= 0.6 is 0 Å². The van der Waals surface area contributed by atoms with E-state index in [1.54, 1.807) is 6.20 Å². The third-order valence-corrected chi connectivity index (χ3v) is 2.77. The molecule has 0 aliphatic carbocycles. The van der Waals surface area contributed by atoms with Crippen molar-refractivity contribution in [2.24, 2.45) is 0 Å². The summed E-state index contributed by atoms with van der Waals surface area (Å²) in [5.41, 5.74) is 0. The Morgan fingerprint density at radius 2 is 2.06 bits per heavy atom. The highest BCUT2D eigenvalue weighted by Crippen LogP contribution is 2.21. The van der Waals surface area contributed by atoms with E-state index < -0.39 is 0 Å². The first-order chi connectivity index (χ1) is 8.50. The number of hydrogen-bond acceptors (Lipinski definition) is 4. The standard InChI is InChI=1S/C14H25N3O/c1-11(2)17(5)10-9-16-14-13(18-12(3)4)7-6-8-15-14/h6-8,11-12H,9-10H2,1-5H3,(H,15,16). The Labute approximate surface area is 110 Å². The maximum atomic E-state index is 5.71. The highest BCUT2D eigenvalue weighted by molar-refractivity contribution is 5.49. The number of nitrogens with one attached hydrogen (secondary N) is 1. The molecule has 0 unspecified atom stereocenters. The molecule has 0 bridgehead atoms. The summed E-state index contributed by atoms with van der Waals surface area (Å²) in [6.45, 7) is 10.3. The fourth-order valence-electron chi connectivity index (χ4n) is 1.48. The van der Waals surface area contributed by atoms with E-state index in [0.29, 0.717) is 6.04 Å². The third kappa shape index (κ3) is 4.92. The summed E-state index contributed by atoms with van der Waals surface area (Å²) in [6.07, 6.45) is 1.94. The number of nitrogens with zero attached hydrogens (tertiary/aromatic N) is 2. The molecular formula is C14H25N3O. The molecular weight excluding hydrogens is 226 g/mol. The lowest BCUT2D eigenvalue weighted by atomic mass is 10.3. The van der Waals surface area contributed by atoms with Crippen molar-refractivity contribution in [1.29, 1.82) is 0 Å². The lowest BCUT2D eigenvalue weighted by molar-refractivity contribution is 0.242. The first-order valence-electron chi connectivity index (χ1n) is 6.56. The molecule has 1 aromatic rings. The van der Waals surface area contributed by atoms with Gasteiger partial charge in [0.15, 0.2) is 11.6 Å². The molecule has 1 aromatic heterocycles. The Morgan fingerprint density at radius 3 is 2.67 bits per heavy atom. The van der Waals surface area contributed by atoms with Crippen LogP contribution in [0, 0.1) is 0 Å². The van der Waals surface area contributed by atoms with Crippen molar-refractivity contribution in [3.63, 3.8) is 0 Å². The molecule has 0 spiro atoms. The minimum atomic E-state index is 0.160. The molecule has 0 aliphatic heterocycles. The Bertz CT molecular complexity index is 353. The minimum Gasteiger partial charge on any atom is -0.487 e. The maximum absolute atomic E-state index is 5.71. The van der Waals surface area contributed by atoms with E-state index in [0.717, 1.165) is 24.7 Å². The number of likely N-dealkylation sites (N-methyl/N-ethyl adjacent to an activating group) is 1. The molecule has 0 atom stereocenters. The topological polar surface area (TPSA) is 37.4 Å². The van der Waals surface area contributed by atoms with Crippen LogP contribution in [0.25, 0.3) is 0 Å². The summed E-state index contributed by atoms with van der Waals surface area (Å²) in [7, 11) is 2.12. The van der Waals surface area contributed by atoms with Crippen molar-refractivity contribution in [1.82, 2.24) is 9.88 Å². The Balaban J connectivity index is 2.51. The molecule has 1 N–H and O–H groups in total. The van der Waals surface area contributed by atoms with Crippen LogP contribution in [-0.2, 0) is 0 Å². The first kappa shape index (κ1) is 14.8. The number of anilines is 1. The first-order valence-corrected chi connectivity index (χ1v) is 6.56. The summed E-state index contributed by atoms with van der Waals surface area (Å²) >= 11 is 0. The van der Waals surface area contributed by atoms with E-state index in [1.807, 2.05) is 26.0 Å². The van der Waals surface area contributed by atoms with Gasteiger partial charge in [0.25, 0.3) is 0 Å². The lowest BCUT2D eigenvalue weighted by Crippen LogP contribution is -2.31. The average Bonchev–Trinajstić information content (AvgIpc) is 2.30. The number of pyridine rings is 1. The zero-order chi connectivity index (χ0) is 13.5. The van der Waals surface area contributed by atoms with Crippen LogP contribution in [0.2, 0.25) is 0 Å². The van der Waals surface area contributed by atoms with Gasteiger partial charge in [-0.15, -0.1) is 0 Å². The van der Waals surface area contributed by atoms with Crippen LogP contribution in [0.3, 0.4) is 0 Å². The van der Waals surface area contributed by atoms with Gasteiger partial charge in [-0.2, -0.15) is 0 Å². The van der Waals surface area contributed by atoms with E-state index in [4.69, 9.17) is 4.74 Å². The van der Waals surface area contributed by atoms with E-state index in [1.165, 1.54) is 0 Å². The number of ether oxygens (including phenoxy) is 1. The van der Waals surface area contributed by atoms with Crippen LogP contribution in [0.1, 0.15) is 27.7 Å². The van der Waals surface area contributed by atoms with Crippen LogP contribution < -0.4 is 10.1 Å². The van der Waals surface area contributed by atoms with Gasteiger partial charge in [0.05, 0.1) is 6.10 Å². The quantitative estimate of drug-likeness (QED) is 0.808. The molecule has 0 amide bonds. The number of aromatic nitrogens is 1. The van der Waals surface area contributed by atoms with Crippen molar-refractivity contribution >= 4 is 5.82 Å². The third-order valence-electron chi connectivity index (χ3n) is 2.77. The van der Waals surface area contributed by atoms with Gasteiger partial charge < -0.3 is 15.0 Å². The molecule has 1 heterocycles. The molecule has 4 nitrogen and oxygen atoms in total. The number of hydrogen-bond donors (Lipinski definition) is 1. The summed E-state index contributed by atoms with van der Waals surface area (Å²) in [4.78, 5) is 6.61. The molecule has 0 saturated heterocycles. The smallest absolute Gasteiger partial charge is 0.168 e. The summed E-state index contributed by atoms with van der Waals surface area (Å²) < 4.78 is 5.71. The van der Waals surface area contributed by atoms with Gasteiger partial charge in [0, 0.05) is 25.3 Å². The fourth-order valence-corrected chi connectivity index (χ4v) is 1.48. The van der Waals surface area contributed by atoms with Crippen LogP contribution in [-0.4, -0.2) is 42.2 Å². The van der Waals surface area contributed by atoms with Crippen molar-refractivity contribution in [3.8, 4) is 5.75 Å². The zero-order valence-electron chi connectivity index (χ0n) is 12.1. The van der Waals surface area contributed by atoms with Crippen LogP contribution in [0.4, 0.5) is 5.82 Å². The maximum Gasteiger partial charge on any atom is 0.168 e. The lowest BCUT2D eigenvalue weighted by Gasteiger charge is -2.21. The fraction of sp³-hybridized carbons (Fsp3) is 0.643. The van der Waals surface area contributed by atoms with E-state index in [-0.39, 0.29) is 6.10 Å². The van der Waals surface area contributed by atoms with Gasteiger partial charge in [-0.3, -0.25) is 0 Å². The predicted octanol–water partition coefficient (Wildman–Crippen LogP) is 2.62. The van der Waals surface area contributed by atoms with Crippen molar-refractivity contribution < 1.29 is 4.74 Å². The van der Waals surface area contributed by atoms with E-state index in [2.05, 4.69) is 36.1 Å². The second-order valence-electron chi connectivity index (χ2n) is 5.02. The second-order valence-corrected chi connectivity index (χ2v) is 5.02. The molecule has 0 aromatic carbocycles. The summed E-state index contributed by atoms with van der Waals surface area (Å²) in [5, 5.41) is 3.33. The SMILES string of the molecule is CC(C)Oc1cccnc1NCCN(C)C(C)C. The molecule has 0 saturated carbocycles. The highest BCUT2D eigenvalue weighted by atomic mass is 16.5. The molecule has 1 rings (SSSR count). The molecule has 102 valence electrons. The molecule has 0 aliphatic rings.